The zero-order chi connectivity index (χ0) is 22.2. The van der Waals surface area contributed by atoms with E-state index in [1.165, 1.54) is 0 Å². The van der Waals surface area contributed by atoms with Crippen molar-refractivity contribution in [3.8, 4) is 16.8 Å². The van der Waals surface area contributed by atoms with Crippen LogP contribution in [0, 0.1) is 6.92 Å². The third-order valence-corrected chi connectivity index (χ3v) is 6.23. The molecule has 4 heteroatoms. The topological polar surface area (TPSA) is 34.5 Å². The van der Waals surface area contributed by atoms with E-state index in [1.54, 1.807) is 4.57 Å². The summed E-state index contributed by atoms with van der Waals surface area (Å²) < 4.78 is 7.62. The average Bonchev–Trinajstić information content (AvgIpc) is 2.81. The predicted octanol–water partition coefficient (Wildman–Crippen LogP) is 5.58. The number of nitrogens with zero attached hydrogens (tertiary/aromatic N) is 2. The summed E-state index contributed by atoms with van der Waals surface area (Å²) in [6, 6.07) is 24.5. The molecule has 162 valence electrons. The van der Waals surface area contributed by atoms with Crippen molar-refractivity contribution in [2.45, 2.75) is 33.0 Å². The summed E-state index contributed by atoms with van der Waals surface area (Å²) in [5.41, 5.74) is 5.34. The number of rotatable bonds is 3. The van der Waals surface area contributed by atoms with Gasteiger partial charge in [0.25, 0.3) is 5.56 Å². The molecule has 4 aromatic rings. The van der Waals surface area contributed by atoms with E-state index in [0.29, 0.717) is 0 Å². The second kappa shape index (κ2) is 8.29. The molecule has 1 saturated heterocycles. The molecule has 0 aliphatic carbocycles. The van der Waals surface area contributed by atoms with Gasteiger partial charge in [-0.3, -0.25) is 9.36 Å². The van der Waals surface area contributed by atoms with E-state index in [4.69, 9.17) is 4.74 Å². The lowest BCUT2D eigenvalue weighted by Gasteiger charge is -2.36. The number of aryl methyl sites for hydroxylation is 1. The number of fused-ring (bicyclic) bond motifs is 1. The van der Waals surface area contributed by atoms with Gasteiger partial charge in [-0.15, -0.1) is 0 Å². The van der Waals surface area contributed by atoms with Gasteiger partial charge in [-0.2, -0.15) is 0 Å². The van der Waals surface area contributed by atoms with Crippen LogP contribution in [-0.2, 0) is 4.74 Å². The van der Waals surface area contributed by atoms with Gasteiger partial charge >= 0.3 is 0 Å². The lowest BCUT2D eigenvalue weighted by Crippen LogP contribution is -2.45. The molecule has 2 unspecified atom stereocenters. The van der Waals surface area contributed by atoms with Gasteiger partial charge in [-0.05, 0) is 73.2 Å². The van der Waals surface area contributed by atoms with Crippen molar-refractivity contribution in [1.82, 2.24) is 4.57 Å². The normalized spacial score (nSPS) is 18.8. The van der Waals surface area contributed by atoms with E-state index in [9.17, 15) is 4.79 Å². The Kier molecular flexibility index (Phi) is 5.32. The minimum Gasteiger partial charge on any atom is -0.372 e. The number of morpholine rings is 1. The van der Waals surface area contributed by atoms with Crippen molar-refractivity contribution in [2.24, 2.45) is 0 Å². The first kappa shape index (κ1) is 20.5. The molecule has 3 aromatic carbocycles. The Balaban J connectivity index is 1.56. The van der Waals surface area contributed by atoms with Crippen LogP contribution in [0.3, 0.4) is 0 Å². The van der Waals surface area contributed by atoms with Crippen LogP contribution in [0.15, 0.2) is 83.8 Å². The number of hydrogen-bond acceptors (Lipinski definition) is 3. The Morgan fingerprint density at radius 3 is 2.16 bits per heavy atom. The highest BCUT2D eigenvalue weighted by molar-refractivity contribution is 5.98. The first-order valence-corrected chi connectivity index (χ1v) is 11.2. The van der Waals surface area contributed by atoms with Gasteiger partial charge in [-0.25, -0.2) is 0 Å². The highest BCUT2D eigenvalue weighted by Gasteiger charge is 2.22. The molecule has 4 nitrogen and oxygen atoms in total. The average molecular weight is 425 g/mol. The fourth-order valence-corrected chi connectivity index (χ4v) is 4.86. The Morgan fingerprint density at radius 2 is 1.47 bits per heavy atom. The maximum atomic E-state index is 13.5. The largest absolute Gasteiger partial charge is 0.372 e. The maximum absolute atomic E-state index is 13.5. The molecule has 0 saturated carbocycles. The van der Waals surface area contributed by atoms with Crippen LogP contribution in [0.25, 0.3) is 27.6 Å². The molecule has 1 aromatic heterocycles. The molecule has 0 spiro atoms. The first-order valence-electron chi connectivity index (χ1n) is 11.2. The van der Waals surface area contributed by atoms with Crippen LogP contribution < -0.4 is 10.5 Å². The molecule has 1 aliphatic heterocycles. The number of ether oxygens (including phenoxy) is 1. The number of anilines is 1. The Labute approximate surface area is 188 Å². The number of pyridine rings is 1. The van der Waals surface area contributed by atoms with Crippen LogP contribution in [-0.4, -0.2) is 29.9 Å². The molecule has 1 fully saturated rings. The van der Waals surface area contributed by atoms with E-state index in [1.807, 2.05) is 48.7 Å². The molecule has 5 rings (SSSR count). The Morgan fingerprint density at radius 1 is 0.812 bits per heavy atom. The standard InChI is InChI=1S/C28H28N2O2/c1-19-16-30(24-14-12-23(13-15-24)29-17-20(2)32-21(3)18-29)28(31)26-11-7-10-25(27(19)26)22-8-5-4-6-9-22/h4-16,20-21H,17-18H2,1-3H3. The number of hydrogen-bond donors (Lipinski definition) is 0. The molecule has 0 radical (unpaired) electrons. The third kappa shape index (κ3) is 3.71. The SMILES string of the molecule is Cc1cn(-c2ccc(N3CC(C)OC(C)C3)cc2)c(=O)c2cccc(-c3ccccc3)c12. The van der Waals surface area contributed by atoms with E-state index in [-0.39, 0.29) is 17.8 Å². The molecule has 2 heterocycles. The smallest absolute Gasteiger partial charge is 0.262 e. The second-order valence-corrected chi connectivity index (χ2v) is 8.76. The number of benzene rings is 3. The van der Waals surface area contributed by atoms with Crippen LogP contribution in [0.2, 0.25) is 0 Å². The number of aromatic nitrogens is 1. The van der Waals surface area contributed by atoms with Crippen LogP contribution in [0.1, 0.15) is 19.4 Å². The summed E-state index contributed by atoms with van der Waals surface area (Å²) in [5, 5.41) is 1.76. The summed E-state index contributed by atoms with van der Waals surface area (Å²) >= 11 is 0. The van der Waals surface area contributed by atoms with Crippen molar-refractivity contribution in [2.75, 3.05) is 18.0 Å². The molecule has 0 amide bonds. The van der Waals surface area contributed by atoms with Gasteiger partial charge in [-0.1, -0.05) is 42.5 Å². The summed E-state index contributed by atoms with van der Waals surface area (Å²) in [7, 11) is 0. The fourth-order valence-electron chi connectivity index (χ4n) is 4.86. The van der Waals surface area contributed by atoms with Crippen molar-refractivity contribution in [3.63, 3.8) is 0 Å². The van der Waals surface area contributed by atoms with Crippen LogP contribution in [0.5, 0.6) is 0 Å². The van der Waals surface area contributed by atoms with Crippen molar-refractivity contribution in [1.29, 1.82) is 0 Å². The summed E-state index contributed by atoms with van der Waals surface area (Å²) in [6.07, 6.45) is 2.39. The molecule has 0 bridgehead atoms. The van der Waals surface area contributed by atoms with E-state index in [0.717, 1.165) is 51.9 Å². The van der Waals surface area contributed by atoms with Crippen LogP contribution >= 0.6 is 0 Å². The summed E-state index contributed by atoms with van der Waals surface area (Å²) in [4.78, 5) is 15.8. The highest BCUT2D eigenvalue weighted by atomic mass is 16.5. The van der Waals surface area contributed by atoms with Gasteiger partial charge in [0.15, 0.2) is 0 Å². The van der Waals surface area contributed by atoms with Crippen molar-refractivity contribution < 1.29 is 4.74 Å². The zero-order valence-electron chi connectivity index (χ0n) is 18.8. The summed E-state index contributed by atoms with van der Waals surface area (Å²) in [5.74, 6) is 0. The lowest BCUT2D eigenvalue weighted by atomic mass is 9.96. The zero-order valence-corrected chi connectivity index (χ0v) is 18.8. The van der Waals surface area contributed by atoms with Gasteiger partial charge in [0, 0.05) is 36.0 Å². The van der Waals surface area contributed by atoms with Crippen molar-refractivity contribution >= 4 is 16.5 Å². The minimum absolute atomic E-state index is 0.00440. The molecule has 2 atom stereocenters. The van der Waals surface area contributed by atoms with E-state index < -0.39 is 0 Å². The van der Waals surface area contributed by atoms with Gasteiger partial charge in [0.05, 0.1) is 12.2 Å². The summed E-state index contributed by atoms with van der Waals surface area (Å²) in [6.45, 7) is 8.05. The molecular formula is C28H28N2O2. The quantitative estimate of drug-likeness (QED) is 0.431. The molecule has 32 heavy (non-hydrogen) atoms. The van der Waals surface area contributed by atoms with Gasteiger partial charge in [0.2, 0.25) is 0 Å². The Bertz CT molecular complexity index is 1300. The minimum atomic E-state index is 0.00440. The fraction of sp³-hybridized carbons (Fsp3) is 0.250. The highest BCUT2D eigenvalue weighted by Crippen LogP contribution is 2.30. The van der Waals surface area contributed by atoms with Gasteiger partial charge < -0.3 is 9.64 Å². The van der Waals surface area contributed by atoms with Gasteiger partial charge in [0.1, 0.15) is 0 Å². The maximum Gasteiger partial charge on any atom is 0.262 e. The van der Waals surface area contributed by atoms with E-state index >= 15 is 0 Å². The Hall–Kier alpha value is -3.37. The monoisotopic (exact) mass is 424 g/mol. The van der Waals surface area contributed by atoms with Crippen LogP contribution in [0.4, 0.5) is 5.69 Å². The third-order valence-electron chi connectivity index (χ3n) is 6.23. The first-order chi connectivity index (χ1) is 15.5. The van der Waals surface area contributed by atoms with E-state index in [2.05, 4.69) is 56.0 Å². The van der Waals surface area contributed by atoms with Crippen molar-refractivity contribution in [3.05, 3.63) is 94.9 Å². The molecular weight excluding hydrogens is 396 g/mol. The second-order valence-electron chi connectivity index (χ2n) is 8.76. The molecule has 0 N–H and O–H groups in total. The predicted molar refractivity (Wildman–Crippen MR) is 132 cm³/mol. The molecule has 1 aliphatic rings. The lowest BCUT2D eigenvalue weighted by molar-refractivity contribution is -0.00521.